The third kappa shape index (κ3) is 4.11. The summed E-state index contributed by atoms with van der Waals surface area (Å²) in [7, 11) is 0. The van der Waals surface area contributed by atoms with E-state index >= 15 is 0 Å². The number of fused-ring (bicyclic) bond motifs is 2. The second kappa shape index (κ2) is 9.15. The summed E-state index contributed by atoms with van der Waals surface area (Å²) in [6.07, 6.45) is 7.31. The summed E-state index contributed by atoms with van der Waals surface area (Å²) in [6.45, 7) is 5.97. The van der Waals surface area contributed by atoms with E-state index in [4.69, 9.17) is 0 Å². The molecule has 1 aliphatic rings. The lowest BCUT2D eigenvalue weighted by Crippen LogP contribution is -2.29. The molecule has 0 bridgehead atoms. The van der Waals surface area contributed by atoms with Crippen molar-refractivity contribution in [3.05, 3.63) is 60.9 Å². The predicted octanol–water partition coefficient (Wildman–Crippen LogP) is 6.36. The Balaban J connectivity index is 1.38. The van der Waals surface area contributed by atoms with E-state index in [9.17, 15) is 4.79 Å². The van der Waals surface area contributed by atoms with Crippen molar-refractivity contribution in [1.29, 1.82) is 0 Å². The van der Waals surface area contributed by atoms with Crippen LogP contribution in [0, 0.1) is 5.92 Å². The number of nitrogens with one attached hydrogen (secondary N) is 3. The van der Waals surface area contributed by atoms with Gasteiger partial charge in [-0.25, -0.2) is 0 Å². The number of aromatic amines is 2. The Morgan fingerprint density at radius 1 is 0.944 bits per heavy atom. The van der Waals surface area contributed by atoms with E-state index in [-0.39, 0.29) is 11.8 Å². The van der Waals surface area contributed by atoms with Crippen LogP contribution in [0.15, 0.2) is 60.9 Å². The van der Waals surface area contributed by atoms with Gasteiger partial charge in [0.15, 0.2) is 0 Å². The molecule has 1 aliphatic heterocycles. The number of amides is 1. The quantitative estimate of drug-likeness (QED) is 0.274. The van der Waals surface area contributed by atoms with Crippen molar-refractivity contribution in [2.24, 2.45) is 5.92 Å². The molecule has 7 heteroatoms. The third-order valence-corrected chi connectivity index (χ3v) is 7.02. The molecule has 5 aromatic rings. The van der Waals surface area contributed by atoms with Gasteiger partial charge in [0, 0.05) is 52.7 Å². The lowest BCUT2D eigenvalue weighted by molar-refractivity contribution is -0.118. The fraction of sp³-hybridized carbons (Fsp3) is 0.276. The Morgan fingerprint density at radius 3 is 2.64 bits per heavy atom. The van der Waals surface area contributed by atoms with Gasteiger partial charge in [-0.1, -0.05) is 26.0 Å². The Labute approximate surface area is 209 Å². The van der Waals surface area contributed by atoms with Crippen LogP contribution in [0.25, 0.3) is 44.3 Å². The average Bonchev–Trinajstić information content (AvgIpc) is 3.53. The summed E-state index contributed by atoms with van der Waals surface area (Å²) in [4.78, 5) is 22.6. The highest BCUT2D eigenvalue weighted by Gasteiger charge is 2.17. The van der Waals surface area contributed by atoms with E-state index < -0.39 is 0 Å². The van der Waals surface area contributed by atoms with Crippen molar-refractivity contribution >= 4 is 39.1 Å². The van der Waals surface area contributed by atoms with E-state index in [0.717, 1.165) is 52.0 Å². The molecular weight excluding hydrogens is 448 g/mol. The first-order valence-corrected chi connectivity index (χ1v) is 12.7. The molecule has 0 radical (unpaired) electrons. The fourth-order valence-corrected chi connectivity index (χ4v) is 5.03. The molecule has 1 fully saturated rings. The second-order valence-electron chi connectivity index (χ2n) is 9.91. The molecule has 4 heterocycles. The minimum atomic E-state index is -0.0924. The van der Waals surface area contributed by atoms with E-state index in [1.807, 2.05) is 32.2 Å². The maximum Gasteiger partial charge on any atom is 0.226 e. The zero-order valence-electron chi connectivity index (χ0n) is 20.6. The average molecular weight is 479 g/mol. The number of nitrogens with zero attached hydrogens (tertiary/aromatic N) is 3. The second-order valence-corrected chi connectivity index (χ2v) is 9.91. The maximum atomic E-state index is 12.1. The molecular formula is C29H30N6O. The zero-order valence-corrected chi connectivity index (χ0v) is 20.6. The van der Waals surface area contributed by atoms with Gasteiger partial charge in [0.05, 0.1) is 23.1 Å². The molecule has 182 valence electrons. The van der Waals surface area contributed by atoms with Crippen LogP contribution in [0.5, 0.6) is 0 Å². The van der Waals surface area contributed by atoms with Gasteiger partial charge >= 0.3 is 0 Å². The molecule has 6 rings (SSSR count). The molecule has 0 unspecified atom stereocenters. The molecule has 3 N–H and O–H groups in total. The smallest absolute Gasteiger partial charge is 0.226 e. The third-order valence-electron chi connectivity index (χ3n) is 7.02. The van der Waals surface area contributed by atoms with Crippen molar-refractivity contribution in [1.82, 2.24) is 20.2 Å². The van der Waals surface area contributed by atoms with Crippen molar-refractivity contribution in [2.75, 3.05) is 23.3 Å². The van der Waals surface area contributed by atoms with Gasteiger partial charge in [-0.2, -0.15) is 5.10 Å². The molecule has 36 heavy (non-hydrogen) atoms. The number of anilines is 2. The van der Waals surface area contributed by atoms with Crippen LogP contribution in [0.4, 0.5) is 11.4 Å². The first-order chi connectivity index (χ1) is 17.6. The van der Waals surface area contributed by atoms with Gasteiger partial charge < -0.3 is 15.2 Å². The van der Waals surface area contributed by atoms with Crippen LogP contribution < -0.4 is 10.2 Å². The largest absolute Gasteiger partial charge is 0.371 e. The number of H-pyrrole nitrogens is 2. The Kier molecular flexibility index (Phi) is 5.68. The number of hydrogen-bond acceptors (Lipinski definition) is 4. The number of hydrogen-bond donors (Lipinski definition) is 3. The van der Waals surface area contributed by atoms with Crippen LogP contribution in [-0.2, 0) is 4.79 Å². The molecule has 0 spiro atoms. The van der Waals surface area contributed by atoms with E-state index in [2.05, 4.69) is 66.8 Å². The van der Waals surface area contributed by atoms with E-state index in [0.29, 0.717) is 5.69 Å². The Bertz CT molecular complexity index is 1560. The highest BCUT2D eigenvalue weighted by molar-refractivity contribution is 6.01. The monoisotopic (exact) mass is 478 g/mol. The van der Waals surface area contributed by atoms with E-state index in [1.54, 1.807) is 6.20 Å². The lowest BCUT2D eigenvalue weighted by Gasteiger charge is -2.29. The number of aromatic nitrogens is 4. The number of rotatable bonds is 5. The van der Waals surface area contributed by atoms with Gasteiger partial charge in [0.2, 0.25) is 5.91 Å². The molecule has 0 saturated carbocycles. The summed E-state index contributed by atoms with van der Waals surface area (Å²) < 4.78 is 0. The first kappa shape index (κ1) is 22.3. The van der Waals surface area contributed by atoms with Crippen molar-refractivity contribution < 1.29 is 4.79 Å². The number of piperidine rings is 1. The Hall–Kier alpha value is -4.13. The summed E-state index contributed by atoms with van der Waals surface area (Å²) in [5.41, 5.74) is 7.93. The summed E-state index contributed by atoms with van der Waals surface area (Å²) in [5, 5.41) is 13.1. The molecule has 3 aromatic heterocycles. The SMILES string of the molecule is CC(C)C(=O)Nc1cncc(-c2ccc3[nH]nc(-c4cc5c(N6CCCCC6)cccc5[nH]4)c3c2)c1. The normalized spacial score (nSPS) is 14.1. The standard InChI is InChI=1S/C29H30N6O/c1-18(2)29(36)31-21-13-20(16-30-17-21)19-9-10-25-23(14-19)28(34-33-25)26-15-22-24(32-26)7-6-8-27(22)35-11-4-3-5-12-35/h6-10,13-18,32H,3-5,11-12H2,1-2H3,(H,31,36)(H,33,34). The summed E-state index contributed by atoms with van der Waals surface area (Å²) in [5.74, 6) is -0.116. The first-order valence-electron chi connectivity index (χ1n) is 12.7. The van der Waals surface area contributed by atoms with Gasteiger partial charge in [-0.15, -0.1) is 0 Å². The van der Waals surface area contributed by atoms with Crippen LogP contribution in [0.2, 0.25) is 0 Å². The number of benzene rings is 2. The number of carbonyl (C=O) groups is 1. The van der Waals surface area contributed by atoms with Crippen LogP contribution >= 0.6 is 0 Å². The summed E-state index contributed by atoms with van der Waals surface area (Å²) in [6, 6.07) is 16.9. The highest BCUT2D eigenvalue weighted by Crippen LogP contribution is 2.35. The zero-order chi connectivity index (χ0) is 24.6. The van der Waals surface area contributed by atoms with E-state index in [1.165, 1.54) is 30.3 Å². The molecule has 0 aliphatic carbocycles. The Morgan fingerprint density at radius 2 is 1.81 bits per heavy atom. The minimum absolute atomic E-state index is 0.0238. The van der Waals surface area contributed by atoms with Crippen molar-refractivity contribution in [3.8, 4) is 22.5 Å². The predicted molar refractivity (Wildman–Crippen MR) is 146 cm³/mol. The topological polar surface area (TPSA) is 89.7 Å². The molecule has 1 amide bonds. The summed E-state index contributed by atoms with van der Waals surface area (Å²) >= 11 is 0. The van der Waals surface area contributed by atoms with Crippen molar-refractivity contribution in [3.63, 3.8) is 0 Å². The van der Waals surface area contributed by atoms with Crippen LogP contribution in [0.1, 0.15) is 33.1 Å². The van der Waals surface area contributed by atoms with Crippen LogP contribution in [-0.4, -0.2) is 39.2 Å². The van der Waals surface area contributed by atoms with Gasteiger partial charge in [-0.3, -0.25) is 14.9 Å². The van der Waals surface area contributed by atoms with Crippen molar-refractivity contribution in [2.45, 2.75) is 33.1 Å². The van der Waals surface area contributed by atoms with Gasteiger partial charge in [0.1, 0.15) is 5.69 Å². The number of pyridine rings is 1. The van der Waals surface area contributed by atoms with Gasteiger partial charge in [0.25, 0.3) is 0 Å². The minimum Gasteiger partial charge on any atom is -0.371 e. The molecule has 0 atom stereocenters. The lowest BCUT2D eigenvalue weighted by atomic mass is 10.0. The molecule has 2 aromatic carbocycles. The number of carbonyl (C=O) groups excluding carboxylic acids is 1. The molecule has 7 nitrogen and oxygen atoms in total. The van der Waals surface area contributed by atoms with Crippen LogP contribution in [0.3, 0.4) is 0 Å². The highest BCUT2D eigenvalue weighted by atomic mass is 16.1. The van der Waals surface area contributed by atoms with Gasteiger partial charge in [-0.05, 0) is 61.2 Å². The maximum absolute atomic E-state index is 12.1. The fourth-order valence-electron chi connectivity index (χ4n) is 5.03. The molecule has 1 saturated heterocycles.